The smallest absolute Gasteiger partial charge is 0.270 e. The normalized spacial score (nSPS) is 21.0. The van der Waals surface area contributed by atoms with E-state index in [1.165, 1.54) is 13.0 Å². The summed E-state index contributed by atoms with van der Waals surface area (Å²) in [6.07, 6.45) is -0.175. The molecule has 0 N–H and O–H groups in total. The molecule has 0 aliphatic carbocycles. The molecule has 0 radical (unpaired) electrons. The van der Waals surface area contributed by atoms with E-state index in [4.69, 9.17) is 28.5 Å². The van der Waals surface area contributed by atoms with Gasteiger partial charge in [-0.15, -0.1) is 11.6 Å². The number of carbonyl (C=O) groups is 1. The Balaban J connectivity index is 4.27. The van der Waals surface area contributed by atoms with Crippen LogP contribution in [0.2, 0.25) is 0 Å². The van der Waals surface area contributed by atoms with Gasteiger partial charge in [0.2, 0.25) is 0 Å². The quantitative estimate of drug-likeness (QED) is 0.514. The van der Waals surface area contributed by atoms with Crippen molar-refractivity contribution in [1.29, 1.82) is 5.26 Å². The predicted octanol–water partition coefficient (Wildman–Crippen LogP) is 2.00. The minimum atomic E-state index is -2.56. The lowest BCUT2D eigenvalue weighted by molar-refractivity contribution is -0.110. The van der Waals surface area contributed by atoms with Crippen LogP contribution in [0.5, 0.6) is 0 Å². The van der Waals surface area contributed by atoms with Crippen LogP contribution in [0.15, 0.2) is 0 Å². The van der Waals surface area contributed by atoms with Crippen molar-refractivity contribution in [1.82, 2.24) is 0 Å². The second kappa shape index (κ2) is 3.38. The number of nitriles is 1. The van der Waals surface area contributed by atoms with Gasteiger partial charge in [0, 0.05) is 6.42 Å². The van der Waals surface area contributed by atoms with Crippen LogP contribution in [0.1, 0.15) is 13.3 Å². The standard InChI is InChI=1S/C6H6Cl2FNO/c1-5(7,4-11)2-6(8,9)3-10/h4H,2H2,1H3. The average molecular weight is 198 g/mol. The van der Waals surface area contributed by atoms with E-state index < -0.39 is 16.4 Å². The van der Waals surface area contributed by atoms with Gasteiger partial charge in [-0.2, -0.15) is 5.26 Å². The van der Waals surface area contributed by atoms with Gasteiger partial charge >= 0.3 is 0 Å². The first-order valence-corrected chi connectivity index (χ1v) is 3.53. The van der Waals surface area contributed by atoms with Gasteiger partial charge in [0.05, 0.1) is 0 Å². The fraction of sp³-hybridized carbons (Fsp3) is 0.667. The first kappa shape index (κ1) is 10.7. The van der Waals surface area contributed by atoms with Gasteiger partial charge in [-0.25, -0.2) is 4.39 Å². The highest BCUT2D eigenvalue weighted by Crippen LogP contribution is 2.30. The van der Waals surface area contributed by atoms with Crippen molar-refractivity contribution < 1.29 is 9.18 Å². The average Bonchev–Trinajstić information content (AvgIpc) is 1.86. The molecule has 0 aliphatic rings. The molecule has 0 saturated heterocycles. The Morgan fingerprint density at radius 3 is 2.45 bits per heavy atom. The molecule has 0 rings (SSSR count). The zero-order chi connectivity index (χ0) is 9.12. The van der Waals surface area contributed by atoms with Crippen molar-refractivity contribution in [2.75, 3.05) is 0 Å². The summed E-state index contributed by atoms with van der Waals surface area (Å²) in [6.45, 7) is 1.29. The fourth-order valence-corrected chi connectivity index (χ4v) is 1.05. The molecule has 0 aromatic carbocycles. The van der Waals surface area contributed by atoms with Gasteiger partial charge in [0.25, 0.3) is 5.13 Å². The van der Waals surface area contributed by atoms with E-state index in [0.717, 1.165) is 0 Å². The number of hydrogen-bond donors (Lipinski definition) is 0. The highest BCUT2D eigenvalue weighted by atomic mass is 35.5. The van der Waals surface area contributed by atoms with E-state index in [0.29, 0.717) is 6.29 Å². The minimum Gasteiger partial charge on any atom is -0.301 e. The molecule has 0 fully saturated rings. The van der Waals surface area contributed by atoms with E-state index in [1.54, 1.807) is 0 Å². The number of hydrogen-bond acceptors (Lipinski definition) is 2. The summed E-state index contributed by atoms with van der Waals surface area (Å²) >= 11 is 10.5. The van der Waals surface area contributed by atoms with E-state index >= 15 is 0 Å². The Kier molecular flexibility index (Phi) is 3.28. The third-order valence-electron chi connectivity index (χ3n) is 0.977. The van der Waals surface area contributed by atoms with Crippen molar-refractivity contribution in [3.63, 3.8) is 0 Å². The lowest BCUT2D eigenvalue weighted by Gasteiger charge is -2.17. The molecule has 0 spiro atoms. The molecule has 11 heavy (non-hydrogen) atoms. The lowest BCUT2D eigenvalue weighted by atomic mass is 10.1. The summed E-state index contributed by atoms with van der Waals surface area (Å²) in [7, 11) is 0. The Bertz CT molecular complexity index is 197. The van der Waals surface area contributed by atoms with Gasteiger partial charge < -0.3 is 4.79 Å². The number of nitrogens with zero attached hydrogens (tertiary/aromatic N) is 1. The molecule has 0 saturated carbocycles. The summed E-state index contributed by atoms with van der Waals surface area (Å²) < 4.78 is 12.7. The van der Waals surface area contributed by atoms with Crippen LogP contribution in [-0.4, -0.2) is 16.3 Å². The molecule has 2 unspecified atom stereocenters. The number of rotatable bonds is 3. The molecule has 0 aliphatic heterocycles. The lowest BCUT2D eigenvalue weighted by Crippen LogP contribution is -2.28. The van der Waals surface area contributed by atoms with Crippen molar-refractivity contribution in [2.24, 2.45) is 0 Å². The van der Waals surface area contributed by atoms with Crippen LogP contribution in [0.3, 0.4) is 0 Å². The zero-order valence-corrected chi connectivity index (χ0v) is 7.29. The van der Waals surface area contributed by atoms with Crippen LogP contribution >= 0.6 is 23.2 Å². The molecule has 0 aromatic heterocycles. The summed E-state index contributed by atoms with van der Waals surface area (Å²) in [6, 6.07) is 1.19. The van der Waals surface area contributed by atoms with E-state index in [2.05, 4.69) is 0 Å². The van der Waals surface area contributed by atoms with Crippen LogP contribution in [0.25, 0.3) is 0 Å². The number of halogens is 3. The van der Waals surface area contributed by atoms with Crippen molar-refractivity contribution in [3.8, 4) is 6.07 Å². The fourth-order valence-electron chi connectivity index (χ4n) is 0.515. The van der Waals surface area contributed by atoms with Gasteiger partial charge in [-0.3, -0.25) is 0 Å². The number of alkyl halides is 3. The minimum absolute atomic E-state index is 0.350. The maximum absolute atomic E-state index is 12.7. The maximum atomic E-state index is 12.7. The molecule has 0 heterocycles. The molecule has 2 atom stereocenters. The van der Waals surface area contributed by atoms with E-state index in [1.807, 2.05) is 0 Å². The molecule has 0 amide bonds. The van der Waals surface area contributed by atoms with Crippen molar-refractivity contribution >= 4 is 29.5 Å². The summed E-state index contributed by atoms with van der Waals surface area (Å²) in [5, 5.41) is 5.56. The molecule has 2 nitrogen and oxygen atoms in total. The molecular formula is C6H6Cl2FNO. The first-order chi connectivity index (χ1) is 4.83. The van der Waals surface area contributed by atoms with Crippen LogP contribution < -0.4 is 0 Å². The Hall–Kier alpha value is -0.330. The highest BCUT2D eigenvalue weighted by Gasteiger charge is 2.36. The molecule has 0 bridgehead atoms. The summed E-state index contributed by atoms with van der Waals surface area (Å²) in [4.78, 5) is 8.74. The Labute approximate surface area is 73.9 Å². The van der Waals surface area contributed by atoms with Gasteiger partial charge in [0.15, 0.2) is 0 Å². The number of aldehydes is 1. The van der Waals surface area contributed by atoms with E-state index in [-0.39, 0.29) is 0 Å². The monoisotopic (exact) mass is 197 g/mol. The van der Waals surface area contributed by atoms with Crippen LogP contribution in [0, 0.1) is 11.3 Å². The van der Waals surface area contributed by atoms with Gasteiger partial charge in [-0.05, 0) is 6.92 Å². The van der Waals surface area contributed by atoms with Crippen molar-refractivity contribution in [2.45, 2.75) is 23.3 Å². The molecule has 0 aromatic rings. The van der Waals surface area contributed by atoms with Crippen molar-refractivity contribution in [3.05, 3.63) is 0 Å². The van der Waals surface area contributed by atoms with Crippen LogP contribution in [0.4, 0.5) is 4.39 Å². The van der Waals surface area contributed by atoms with E-state index in [9.17, 15) is 9.18 Å². The summed E-state index contributed by atoms with van der Waals surface area (Å²) in [5.74, 6) is 0. The van der Waals surface area contributed by atoms with Gasteiger partial charge in [-0.1, -0.05) is 11.6 Å². The highest BCUT2D eigenvalue weighted by molar-refractivity contribution is 6.32. The molecule has 62 valence electrons. The van der Waals surface area contributed by atoms with Gasteiger partial charge in [0.1, 0.15) is 17.2 Å². The Morgan fingerprint density at radius 1 is 1.73 bits per heavy atom. The van der Waals surface area contributed by atoms with Crippen LogP contribution in [-0.2, 0) is 4.79 Å². The maximum Gasteiger partial charge on any atom is 0.270 e. The molecule has 5 heteroatoms. The zero-order valence-electron chi connectivity index (χ0n) is 5.77. The SMILES string of the molecule is CC(Cl)(C=O)CC(F)(Cl)C#N. The second-order valence-electron chi connectivity index (χ2n) is 2.39. The Morgan fingerprint density at radius 2 is 2.18 bits per heavy atom. The third-order valence-corrected chi connectivity index (χ3v) is 1.42. The number of carbonyl (C=O) groups excluding carboxylic acids is 1. The summed E-state index contributed by atoms with van der Waals surface area (Å²) in [5.41, 5.74) is 0. The first-order valence-electron chi connectivity index (χ1n) is 2.77. The molecular weight excluding hydrogens is 192 g/mol. The second-order valence-corrected chi connectivity index (χ2v) is 3.85. The predicted molar refractivity (Wildman–Crippen MR) is 40.2 cm³/mol. The topological polar surface area (TPSA) is 40.9 Å². The third kappa shape index (κ3) is 4.18. The largest absolute Gasteiger partial charge is 0.301 e.